The van der Waals surface area contributed by atoms with Crippen molar-refractivity contribution in [3.63, 3.8) is 0 Å². The summed E-state index contributed by atoms with van der Waals surface area (Å²) in [6, 6.07) is 10.8. The minimum Gasteiger partial charge on any atom is -0.337 e. The summed E-state index contributed by atoms with van der Waals surface area (Å²) in [5.74, 6) is -0.111. The van der Waals surface area contributed by atoms with Gasteiger partial charge in [-0.25, -0.2) is 0 Å². The Bertz CT molecular complexity index is 521. The molecule has 1 aliphatic heterocycles. The molecule has 1 fully saturated rings. The molecule has 1 aliphatic rings. The van der Waals surface area contributed by atoms with Crippen LogP contribution in [0.5, 0.6) is 0 Å². The lowest BCUT2D eigenvalue weighted by molar-refractivity contribution is 0.0699. The predicted molar refractivity (Wildman–Crippen MR) is 65.4 cm³/mol. The standard InChI is InChI=1S/C14H13N3O/c15-8-11-3-5-13(6-4-11)14(18)17-7-1-2-12(9-16)10-17/h3-6,12H,1-2,7,10H2. The number of amides is 1. The largest absolute Gasteiger partial charge is 0.337 e. The molecule has 1 atom stereocenters. The minimum atomic E-state index is -0.0561. The van der Waals surface area contributed by atoms with Gasteiger partial charge in [0.1, 0.15) is 0 Å². The molecule has 0 N–H and O–H groups in total. The van der Waals surface area contributed by atoms with E-state index in [0.29, 0.717) is 24.2 Å². The highest BCUT2D eigenvalue weighted by Gasteiger charge is 2.24. The molecular formula is C14H13N3O. The molecule has 0 saturated carbocycles. The second kappa shape index (κ2) is 5.33. The zero-order valence-corrected chi connectivity index (χ0v) is 9.97. The number of carbonyl (C=O) groups excluding carboxylic acids is 1. The molecule has 0 spiro atoms. The van der Waals surface area contributed by atoms with Crippen LogP contribution < -0.4 is 0 Å². The van der Waals surface area contributed by atoms with Gasteiger partial charge in [-0.05, 0) is 37.1 Å². The summed E-state index contributed by atoms with van der Waals surface area (Å²) in [6.07, 6.45) is 1.74. The molecule has 4 nitrogen and oxygen atoms in total. The Morgan fingerprint density at radius 3 is 2.61 bits per heavy atom. The minimum absolute atomic E-state index is 0.0546. The molecule has 1 aromatic rings. The first-order valence-corrected chi connectivity index (χ1v) is 5.93. The van der Waals surface area contributed by atoms with Crippen molar-refractivity contribution in [2.45, 2.75) is 12.8 Å². The third-order valence-corrected chi connectivity index (χ3v) is 3.15. The van der Waals surface area contributed by atoms with E-state index >= 15 is 0 Å². The summed E-state index contributed by atoms with van der Waals surface area (Å²) >= 11 is 0. The number of nitrogens with zero attached hydrogens (tertiary/aromatic N) is 3. The molecule has 1 amide bonds. The summed E-state index contributed by atoms with van der Waals surface area (Å²) < 4.78 is 0. The number of hydrogen-bond donors (Lipinski definition) is 0. The fraction of sp³-hybridized carbons (Fsp3) is 0.357. The monoisotopic (exact) mass is 239 g/mol. The van der Waals surface area contributed by atoms with Crippen LogP contribution in [0.3, 0.4) is 0 Å². The average Bonchev–Trinajstić information content (AvgIpc) is 2.46. The molecule has 2 rings (SSSR count). The predicted octanol–water partition coefficient (Wildman–Crippen LogP) is 1.93. The van der Waals surface area contributed by atoms with E-state index < -0.39 is 0 Å². The van der Waals surface area contributed by atoms with Crippen molar-refractivity contribution in [3.8, 4) is 12.1 Å². The highest BCUT2D eigenvalue weighted by molar-refractivity contribution is 5.94. The number of likely N-dealkylation sites (tertiary alicyclic amines) is 1. The number of nitriles is 2. The van der Waals surface area contributed by atoms with E-state index in [4.69, 9.17) is 10.5 Å². The third-order valence-electron chi connectivity index (χ3n) is 3.15. The van der Waals surface area contributed by atoms with Crippen LogP contribution in [-0.4, -0.2) is 23.9 Å². The maximum absolute atomic E-state index is 12.2. The van der Waals surface area contributed by atoms with E-state index in [9.17, 15) is 4.79 Å². The van der Waals surface area contributed by atoms with Crippen molar-refractivity contribution in [2.24, 2.45) is 5.92 Å². The van der Waals surface area contributed by atoms with Crippen LogP contribution in [0.2, 0.25) is 0 Å². The van der Waals surface area contributed by atoms with Gasteiger partial charge in [-0.2, -0.15) is 10.5 Å². The van der Waals surface area contributed by atoms with Crippen LogP contribution in [0.1, 0.15) is 28.8 Å². The summed E-state index contributed by atoms with van der Waals surface area (Å²) in [4.78, 5) is 13.9. The van der Waals surface area contributed by atoms with Gasteiger partial charge in [0, 0.05) is 18.7 Å². The lowest BCUT2D eigenvalue weighted by Crippen LogP contribution is -2.39. The van der Waals surface area contributed by atoms with Gasteiger partial charge in [-0.1, -0.05) is 0 Å². The van der Waals surface area contributed by atoms with E-state index in [-0.39, 0.29) is 11.8 Å². The Labute approximate surface area is 106 Å². The number of piperidine rings is 1. The zero-order chi connectivity index (χ0) is 13.0. The van der Waals surface area contributed by atoms with Crippen LogP contribution in [0, 0.1) is 28.6 Å². The maximum Gasteiger partial charge on any atom is 0.253 e. The molecule has 0 radical (unpaired) electrons. The molecule has 1 aromatic carbocycles. The quantitative estimate of drug-likeness (QED) is 0.752. The molecule has 1 saturated heterocycles. The van der Waals surface area contributed by atoms with Crippen molar-refractivity contribution in [1.29, 1.82) is 10.5 Å². The summed E-state index contributed by atoms with van der Waals surface area (Å²) in [5.41, 5.74) is 1.12. The van der Waals surface area contributed by atoms with E-state index in [1.54, 1.807) is 29.2 Å². The van der Waals surface area contributed by atoms with E-state index in [1.165, 1.54) is 0 Å². The average molecular weight is 239 g/mol. The smallest absolute Gasteiger partial charge is 0.253 e. The first-order valence-electron chi connectivity index (χ1n) is 5.93. The molecule has 0 aromatic heterocycles. The molecule has 1 heterocycles. The number of benzene rings is 1. The van der Waals surface area contributed by atoms with Crippen LogP contribution in [0.15, 0.2) is 24.3 Å². The zero-order valence-electron chi connectivity index (χ0n) is 9.97. The third kappa shape index (κ3) is 2.49. The summed E-state index contributed by atoms with van der Waals surface area (Å²) in [5, 5.41) is 17.6. The Hall–Kier alpha value is -2.33. The van der Waals surface area contributed by atoms with E-state index in [2.05, 4.69) is 6.07 Å². The Balaban J connectivity index is 2.11. The number of hydrogen-bond acceptors (Lipinski definition) is 3. The van der Waals surface area contributed by atoms with E-state index in [0.717, 1.165) is 12.8 Å². The first kappa shape index (κ1) is 12.1. The normalized spacial score (nSPS) is 18.8. The summed E-state index contributed by atoms with van der Waals surface area (Å²) in [6.45, 7) is 1.21. The second-order valence-corrected chi connectivity index (χ2v) is 4.41. The molecule has 18 heavy (non-hydrogen) atoms. The topological polar surface area (TPSA) is 67.9 Å². The molecule has 0 bridgehead atoms. The van der Waals surface area contributed by atoms with Crippen molar-refractivity contribution in [2.75, 3.05) is 13.1 Å². The van der Waals surface area contributed by atoms with Gasteiger partial charge in [0.25, 0.3) is 5.91 Å². The van der Waals surface area contributed by atoms with Crippen LogP contribution in [0.4, 0.5) is 0 Å². The number of carbonyl (C=O) groups is 1. The molecule has 0 aliphatic carbocycles. The van der Waals surface area contributed by atoms with Crippen molar-refractivity contribution in [1.82, 2.24) is 4.90 Å². The Morgan fingerprint density at radius 2 is 2.00 bits per heavy atom. The van der Waals surface area contributed by atoms with Crippen molar-refractivity contribution < 1.29 is 4.79 Å². The lowest BCUT2D eigenvalue weighted by atomic mass is 9.99. The highest BCUT2D eigenvalue weighted by atomic mass is 16.2. The van der Waals surface area contributed by atoms with Crippen LogP contribution in [0.25, 0.3) is 0 Å². The summed E-state index contributed by atoms with van der Waals surface area (Å²) in [7, 11) is 0. The second-order valence-electron chi connectivity index (χ2n) is 4.41. The maximum atomic E-state index is 12.2. The molecular weight excluding hydrogens is 226 g/mol. The van der Waals surface area contributed by atoms with Gasteiger partial charge >= 0.3 is 0 Å². The molecule has 1 unspecified atom stereocenters. The van der Waals surface area contributed by atoms with Crippen LogP contribution in [-0.2, 0) is 0 Å². The Kier molecular flexibility index (Phi) is 3.60. The fourth-order valence-corrected chi connectivity index (χ4v) is 2.14. The fourth-order valence-electron chi connectivity index (χ4n) is 2.14. The van der Waals surface area contributed by atoms with Gasteiger partial charge in [0.05, 0.1) is 23.6 Å². The van der Waals surface area contributed by atoms with Gasteiger partial charge in [-0.3, -0.25) is 4.79 Å². The molecule has 4 heteroatoms. The van der Waals surface area contributed by atoms with Gasteiger partial charge < -0.3 is 4.90 Å². The Morgan fingerprint density at radius 1 is 1.28 bits per heavy atom. The van der Waals surface area contributed by atoms with Gasteiger partial charge in [0.15, 0.2) is 0 Å². The van der Waals surface area contributed by atoms with Gasteiger partial charge in [-0.15, -0.1) is 0 Å². The van der Waals surface area contributed by atoms with Crippen molar-refractivity contribution >= 4 is 5.91 Å². The van der Waals surface area contributed by atoms with Crippen molar-refractivity contribution in [3.05, 3.63) is 35.4 Å². The van der Waals surface area contributed by atoms with Crippen LogP contribution >= 0.6 is 0 Å². The number of rotatable bonds is 1. The lowest BCUT2D eigenvalue weighted by Gasteiger charge is -2.29. The van der Waals surface area contributed by atoms with E-state index in [1.807, 2.05) is 6.07 Å². The molecule has 90 valence electrons. The van der Waals surface area contributed by atoms with Gasteiger partial charge in [0.2, 0.25) is 0 Å². The first-order chi connectivity index (χ1) is 8.74. The highest BCUT2D eigenvalue weighted by Crippen LogP contribution is 2.18. The SMILES string of the molecule is N#Cc1ccc(C(=O)N2CCCC(C#N)C2)cc1.